The van der Waals surface area contributed by atoms with E-state index < -0.39 is 0 Å². The minimum Gasteiger partial charge on any atom is -0.495 e. The molecule has 1 atom stereocenters. The van der Waals surface area contributed by atoms with Crippen LogP contribution in [0.2, 0.25) is 5.02 Å². The Kier molecular flexibility index (Phi) is 8.13. The molecule has 0 radical (unpaired) electrons. The largest absolute Gasteiger partial charge is 0.495 e. The van der Waals surface area contributed by atoms with Gasteiger partial charge in [0.15, 0.2) is 13.1 Å². The zero-order valence-corrected chi connectivity index (χ0v) is 17.1. The number of amides is 2. The van der Waals surface area contributed by atoms with E-state index in [0.29, 0.717) is 23.0 Å². The molecule has 0 aliphatic heterocycles. The van der Waals surface area contributed by atoms with Crippen LogP contribution in [0.15, 0.2) is 30.0 Å². The first kappa shape index (κ1) is 21.3. The summed E-state index contributed by atoms with van der Waals surface area (Å²) in [5.41, 5.74) is 1.64. The molecule has 1 aromatic rings. The molecule has 27 heavy (non-hydrogen) atoms. The number of likely N-dealkylation sites (N-methyl/N-ethyl adjacent to an activating group) is 2. The molecule has 0 saturated carbocycles. The van der Waals surface area contributed by atoms with Crippen molar-refractivity contribution < 1.29 is 19.2 Å². The smallest absolute Gasteiger partial charge is 0.281 e. The number of nitrogens with zero attached hydrogens (tertiary/aromatic N) is 1. The standard InChI is InChI=1S/C20H28ClN3O3/c1-4-24(16-8-6-5-7-9-16)20(26)14-23(2)13-19(25)22-17-12-15(21)10-11-18(17)27-3/h8,10-12H,4-7,9,13-14H2,1-3H3,(H,22,25)/p+1. The number of carbonyl (C=O) groups is 2. The van der Waals surface area contributed by atoms with Crippen molar-refractivity contribution in [2.45, 2.75) is 32.6 Å². The predicted octanol–water partition coefficient (Wildman–Crippen LogP) is 2.11. The summed E-state index contributed by atoms with van der Waals surface area (Å²) in [4.78, 5) is 27.7. The minimum atomic E-state index is -0.194. The third kappa shape index (κ3) is 6.26. The van der Waals surface area contributed by atoms with Crippen LogP contribution < -0.4 is 15.0 Å². The van der Waals surface area contributed by atoms with Gasteiger partial charge in [-0.15, -0.1) is 0 Å². The Hall–Kier alpha value is -2.05. The summed E-state index contributed by atoms with van der Waals surface area (Å²) in [6.07, 6.45) is 6.47. The molecule has 1 aliphatic rings. The third-order valence-corrected chi connectivity index (χ3v) is 4.82. The number of halogens is 1. The second-order valence-corrected chi connectivity index (χ2v) is 7.22. The fraction of sp³-hybridized carbons (Fsp3) is 0.500. The molecule has 0 fully saturated rings. The number of carbonyl (C=O) groups excluding carboxylic acids is 2. The minimum absolute atomic E-state index is 0.0521. The molecule has 7 heteroatoms. The van der Waals surface area contributed by atoms with Gasteiger partial charge in [0.05, 0.1) is 19.8 Å². The van der Waals surface area contributed by atoms with Crippen molar-refractivity contribution in [3.05, 3.63) is 35.0 Å². The Morgan fingerprint density at radius 1 is 1.30 bits per heavy atom. The summed E-state index contributed by atoms with van der Waals surface area (Å²) in [7, 11) is 3.38. The van der Waals surface area contributed by atoms with Gasteiger partial charge in [0.25, 0.3) is 11.8 Å². The van der Waals surface area contributed by atoms with E-state index in [4.69, 9.17) is 16.3 Å². The van der Waals surface area contributed by atoms with Crippen LogP contribution in [0.1, 0.15) is 32.6 Å². The van der Waals surface area contributed by atoms with E-state index in [1.165, 1.54) is 13.5 Å². The fourth-order valence-electron chi connectivity index (χ4n) is 3.27. The maximum Gasteiger partial charge on any atom is 0.281 e. The van der Waals surface area contributed by atoms with E-state index in [-0.39, 0.29) is 24.9 Å². The normalized spacial score (nSPS) is 14.9. The molecule has 1 aliphatic carbocycles. The average molecular weight is 395 g/mol. The number of anilines is 1. The van der Waals surface area contributed by atoms with Gasteiger partial charge in [-0.1, -0.05) is 17.7 Å². The number of nitrogens with one attached hydrogen (secondary N) is 2. The number of hydrogen-bond acceptors (Lipinski definition) is 3. The van der Waals surface area contributed by atoms with Crippen LogP contribution in [-0.2, 0) is 9.59 Å². The maximum atomic E-state index is 12.7. The highest BCUT2D eigenvalue weighted by Gasteiger charge is 2.22. The van der Waals surface area contributed by atoms with Crippen molar-refractivity contribution in [2.24, 2.45) is 0 Å². The summed E-state index contributed by atoms with van der Waals surface area (Å²) in [5, 5.41) is 3.32. The monoisotopic (exact) mass is 394 g/mol. The lowest BCUT2D eigenvalue weighted by molar-refractivity contribution is -0.862. The average Bonchev–Trinajstić information content (AvgIpc) is 2.63. The van der Waals surface area contributed by atoms with E-state index in [2.05, 4.69) is 11.4 Å². The van der Waals surface area contributed by atoms with Crippen molar-refractivity contribution in [3.63, 3.8) is 0 Å². The van der Waals surface area contributed by atoms with Crippen molar-refractivity contribution in [2.75, 3.05) is 39.1 Å². The zero-order chi connectivity index (χ0) is 19.8. The van der Waals surface area contributed by atoms with Gasteiger partial charge in [-0.3, -0.25) is 9.59 Å². The van der Waals surface area contributed by atoms with E-state index in [9.17, 15) is 9.59 Å². The summed E-state index contributed by atoms with van der Waals surface area (Å²) in [5.74, 6) is 0.403. The summed E-state index contributed by atoms with van der Waals surface area (Å²) in [6.45, 7) is 3.09. The highest BCUT2D eigenvalue weighted by atomic mass is 35.5. The van der Waals surface area contributed by atoms with Gasteiger partial charge >= 0.3 is 0 Å². The second-order valence-electron chi connectivity index (χ2n) is 6.78. The lowest BCUT2D eigenvalue weighted by Gasteiger charge is -2.27. The van der Waals surface area contributed by atoms with Gasteiger partial charge in [-0.2, -0.15) is 0 Å². The van der Waals surface area contributed by atoms with Crippen LogP contribution >= 0.6 is 11.6 Å². The van der Waals surface area contributed by atoms with Crippen molar-refractivity contribution >= 4 is 29.1 Å². The number of benzene rings is 1. The number of allylic oxidation sites excluding steroid dienone is 2. The topological polar surface area (TPSA) is 63.1 Å². The molecular formula is C20H29ClN3O3+. The van der Waals surface area contributed by atoms with Gasteiger partial charge in [-0.05, 0) is 50.8 Å². The molecule has 148 valence electrons. The van der Waals surface area contributed by atoms with Crippen LogP contribution in [0.5, 0.6) is 5.75 Å². The van der Waals surface area contributed by atoms with E-state index in [1.807, 2.05) is 18.9 Å². The summed E-state index contributed by atoms with van der Waals surface area (Å²) in [6, 6.07) is 5.05. The predicted molar refractivity (Wildman–Crippen MR) is 107 cm³/mol. The second kappa shape index (κ2) is 10.3. The van der Waals surface area contributed by atoms with Crippen molar-refractivity contribution in [1.29, 1.82) is 0 Å². The lowest BCUT2D eigenvalue weighted by Crippen LogP contribution is -3.11. The molecule has 2 rings (SSSR count). The Bertz CT molecular complexity index is 706. The molecule has 1 unspecified atom stereocenters. The zero-order valence-electron chi connectivity index (χ0n) is 16.3. The van der Waals surface area contributed by atoms with Gasteiger partial charge in [0, 0.05) is 17.3 Å². The molecule has 0 heterocycles. The first-order valence-electron chi connectivity index (χ1n) is 9.38. The number of methoxy groups -OCH3 is 1. The fourth-order valence-corrected chi connectivity index (χ4v) is 3.44. The van der Waals surface area contributed by atoms with E-state index in [0.717, 1.165) is 29.9 Å². The molecule has 6 nitrogen and oxygen atoms in total. The van der Waals surface area contributed by atoms with Crippen molar-refractivity contribution in [1.82, 2.24) is 4.90 Å². The van der Waals surface area contributed by atoms with Crippen LogP contribution in [0.3, 0.4) is 0 Å². The van der Waals surface area contributed by atoms with Gasteiger partial charge < -0.3 is 19.9 Å². The van der Waals surface area contributed by atoms with Gasteiger partial charge in [0.1, 0.15) is 5.75 Å². The van der Waals surface area contributed by atoms with Crippen LogP contribution in [0, 0.1) is 0 Å². The van der Waals surface area contributed by atoms with Crippen molar-refractivity contribution in [3.8, 4) is 5.75 Å². The van der Waals surface area contributed by atoms with Gasteiger partial charge in [0.2, 0.25) is 0 Å². The first-order valence-corrected chi connectivity index (χ1v) is 9.76. The maximum absolute atomic E-state index is 12.7. The first-order chi connectivity index (χ1) is 12.9. The number of rotatable bonds is 8. The quantitative estimate of drug-likeness (QED) is 0.709. The van der Waals surface area contributed by atoms with Crippen LogP contribution in [0.4, 0.5) is 5.69 Å². The Morgan fingerprint density at radius 3 is 2.70 bits per heavy atom. The molecule has 1 aromatic carbocycles. The van der Waals surface area contributed by atoms with Crippen LogP contribution in [-0.4, -0.2) is 50.5 Å². The molecule has 0 spiro atoms. The lowest BCUT2D eigenvalue weighted by atomic mass is 10.0. The third-order valence-electron chi connectivity index (χ3n) is 4.58. The Morgan fingerprint density at radius 2 is 2.07 bits per heavy atom. The number of quaternary nitrogens is 1. The molecule has 0 aromatic heterocycles. The van der Waals surface area contributed by atoms with E-state index >= 15 is 0 Å². The van der Waals surface area contributed by atoms with Gasteiger partial charge in [-0.25, -0.2) is 0 Å². The van der Waals surface area contributed by atoms with E-state index in [1.54, 1.807) is 18.2 Å². The molecular weight excluding hydrogens is 366 g/mol. The number of ether oxygens (including phenoxy) is 1. The molecule has 2 N–H and O–H groups in total. The molecule has 0 bridgehead atoms. The molecule has 0 saturated heterocycles. The Balaban J connectivity index is 1.91. The molecule has 2 amide bonds. The van der Waals surface area contributed by atoms with Crippen LogP contribution in [0.25, 0.3) is 0 Å². The summed E-state index contributed by atoms with van der Waals surface area (Å²) < 4.78 is 5.24. The summed E-state index contributed by atoms with van der Waals surface area (Å²) >= 11 is 5.99. The Labute approximate surface area is 166 Å². The highest BCUT2D eigenvalue weighted by Crippen LogP contribution is 2.27. The SMILES string of the molecule is CCN(C(=O)C[NH+](C)CC(=O)Nc1cc(Cl)ccc1OC)C1=CCCCC1. The number of hydrogen-bond donors (Lipinski definition) is 2. The highest BCUT2D eigenvalue weighted by molar-refractivity contribution is 6.31.